The fourth-order valence-corrected chi connectivity index (χ4v) is 2.59. The van der Waals surface area contributed by atoms with Crippen LogP contribution in [0.1, 0.15) is 5.56 Å². The third-order valence-electron chi connectivity index (χ3n) is 3.93. The molecule has 0 saturated carbocycles. The molecule has 0 aliphatic rings. The Morgan fingerprint density at radius 2 is 1.88 bits per heavy atom. The lowest BCUT2D eigenvalue weighted by Gasteiger charge is -2.07. The molecular formula is C19H19N3O3. The van der Waals surface area contributed by atoms with E-state index in [1.54, 1.807) is 11.8 Å². The maximum atomic E-state index is 11.1. The second-order valence-corrected chi connectivity index (χ2v) is 5.66. The molecule has 128 valence electrons. The van der Waals surface area contributed by atoms with Crippen LogP contribution in [-0.4, -0.2) is 34.0 Å². The van der Waals surface area contributed by atoms with E-state index in [-0.39, 0.29) is 6.42 Å². The molecule has 3 rings (SSSR count). The zero-order valence-electron chi connectivity index (χ0n) is 13.8. The molecule has 0 spiro atoms. The van der Waals surface area contributed by atoms with Crippen LogP contribution in [0.4, 0.5) is 0 Å². The average molecular weight is 337 g/mol. The minimum atomic E-state index is -1.03. The van der Waals surface area contributed by atoms with Crippen LogP contribution in [0.3, 0.4) is 0 Å². The minimum absolute atomic E-state index is 0.198. The first-order valence-electron chi connectivity index (χ1n) is 7.85. The number of methoxy groups -OCH3 is 1. The third-order valence-corrected chi connectivity index (χ3v) is 3.93. The molecule has 0 fully saturated rings. The van der Waals surface area contributed by atoms with Gasteiger partial charge in [0.2, 0.25) is 0 Å². The van der Waals surface area contributed by atoms with Crippen molar-refractivity contribution in [2.45, 2.75) is 12.5 Å². The molecule has 0 radical (unpaired) electrons. The maximum absolute atomic E-state index is 11.1. The van der Waals surface area contributed by atoms with Crippen molar-refractivity contribution < 1.29 is 14.6 Å². The molecule has 1 unspecified atom stereocenters. The van der Waals surface area contributed by atoms with Crippen LogP contribution in [-0.2, 0) is 11.2 Å². The summed E-state index contributed by atoms with van der Waals surface area (Å²) in [6, 6.07) is 16.1. The average Bonchev–Trinajstić information content (AvgIpc) is 3.06. The van der Waals surface area contributed by atoms with Gasteiger partial charge in [0.1, 0.15) is 11.8 Å². The van der Waals surface area contributed by atoms with E-state index in [1.807, 2.05) is 60.8 Å². The van der Waals surface area contributed by atoms with Crippen LogP contribution in [0, 0.1) is 0 Å². The van der Waals surface area contributed by atoms with Crippen molar-refractivity contribution in [3.8, 4) is 22.7 Å². The number of benzene rings is 2. The molecule has 0 saturated heterocycles. The van der Waals surface area contributed by atoms with E-state index in [9.17, 15) is 4.79 Å². The van der Waals surface area contributed by atoms with Crippen LogP contribution in [0.15, 0.2) is 60.8 Å². The first kappa shape index (κ1) is 16.7. The molecule has 6 nitrogen and oxygen atoms in total. The fraction of sp³-hybridized carbons (Fsp3) is 0.158. The van der Waals surface area contributed by atoms with Crippen molar-refractivity contribution in [1.82, 2.24) is 9.78 Å². The number of carboxylic acid groups (broad SMARTS) is 1. The predicted octanol–water partition coefficient (Wildman–Crippen LogP) is 2.50. The van der Waals surface area contributed by atoms with Crippen molar-refractivity contribution in [2.75, 3.05) is 7.11 Å². The van der Waals surface area contributed by atoms with Gasteiger partial charge in [-0.1, -0.05) is 18.2 Å². The Hall–Kier alpha value is -3.12. The van der Waals surface area contributed by atoms with Crippen LogP contribution in [0.5, 0.6) is 5.75 Å². The largest absolute Gasteiger partial charge is 0.497 e. The molecule has 3 N–H and O–H groups in total. The van der Waals surface area contributed by atoms with Crippen molar-refractivity contribution in [2.24, 2.45) is 5.73 Å². The highest BCUT2D eigenvalue weighted by Crippen LogP contribution is 2.26. The van der Waals surface area contributed by atoms with E-state index in [4.69, 9.17) is 15.6 Å². The van der Waals surface area contributed by atoms with E-state index in [1.165, 1.54) is 0 Å². The standard InChI is InChI=1S/C19H19N3O3/c1-25-16-9-7-13(8-10-16)18-14(11-17(20)19(23)24)12-22(21-18)15-5-3-2-4-6-15/h2-10,12,17H,11,20H2,1H3,(H,23,24). The van der Waals surface area contributed by atoms with Crippen molar-refractivity contribution in [3.05, 3.63) is 66.4 Å². The SMILES string of the molecule is COc1ccc(-c2nn(-c3ccccc3)cc2CC(N)C(=O)O)cc1. The summed E-state index contributed by atoms with van der Waals surface area (Å²) in [5, 5.41) is 13.8. The van der Waals surface area contributed by atoms with Gasteiger partial charge in [0.15, 0.2) is 0 Å². The second-order valence-electron chi connectivity index (χ2n) is 5.66. The summed E-state index contributed by atoms with van der Waals surface area (Å²) in [5.41, 5.74) is 9.00. The van der Waals surface area contributed by atoms with Gasteiger partial charge in [-0.25, -0.2) is 4.68 Å². The monoisotopic (exact) mass is 337 g/mol. The van der Waals surface area contributed by atoms with Crippen LogP contribution in [0.2, 0.25) is 0 Å². The van der Waals surface area contributed by atoms with Gasteiger partial charge in [0.05, 0.1) is 18.5 Å². The van der Waals surface area contributed by atoms with E-state index in [0.29, 0.717) is 5.69 Å². The van der Waals surface area contributed by atoms with E-state index in [2.05, 4.69) is 5.10 Å². The topological polar surface area (TPSA) is 90.4 Å². The lowest BCUT2D eigenvalue weighted by molar-refractivity contribution is -0.138. The summed E-state index contributed by atoms with van der Waals surface area (Å²) in [6.45, 7) is 0. The molecule has 1 heterocycles. The summed E-state index contributed by atoms with van der Waals surface area (Å²) in [5.74, 6) is -0.289. The molecule has 6 heteroatoms. The third kappa shape index (κ3) is 3.70. The second kappa shape index (κ2) is 7.19. The van der Waals surface area contributed by atoms with Crippen LogP contribution < -0.4 is 10.5 Å². The first-order chi connectivity index (χ1) is 12.1. The molecule has 1 aromatic heterocycles. The van der Waals surface area contributed by atoms with Gasteiger partial charge >= 0.3 is 5.97 Å². The van der Waals surface area contributed by atoms with Crippen molar-refractivity contribution in [1.29, 1.82) is 0 Å². The number of nitrogens with zero attached hydrogens (tertiary/aromatic N) is 2. The summed E-state index contributed by atoms with van der Waals surface area (Å²) in [7, 11) is 1.61. The fourth-order valence-electron chi connectivity index (χ4n) is 2.59. The predicted molar refractivity (Wildman–Crippen MR) is 94.9 cm³/mol. The number of hydrogen-bond donors (Lipinski definition) is 2. The normalized spacial score (nSPS) is 11.9. The zero-order valence-corrected chi connectivity index (χ0v) is 13.8. The first-order valence-corrected chi connectivity index (χ1v) is 7.85. The highest BCUT2D eigenvalue weighted by atomic mass is 16.5. The smallest absolute Gasteiger partial charge is 0.320 e. The Kier molecular flexibility index (Phi) is 4.81. The van der Waals surface area contributed by atoms with Gasteiger partial charge in [-0.05, 0) is 36.4 Å². The number of hydrogen-bond acceptors (Lipinski definition) is 4. The van der Waals surface area contributed by atoms with Gasteiger partial charge in [0, 0.05) is 23.7 Å². The van der Waals surface area contributed by atoms with Crippen molar-refractivity contribution >= 4 is 5.97 Å². The molecule has 0 aliphatic carbocycles. The Morgan fingerprint density at radius 1 is 1.20 bits per heavy atom. The van der Waals surface area contributed by atoms with Gasteiger partial charge in [0.25, 0.3) is 0 Å². The van der Waals surface area contributed by atoms with Crippen LogP contribution >= 0.6 is 0 Å². The molecule has 25 heavy (non-hydrogen) atoms. The summed E-state index contributed by atoms with van der Waals surface area (Å²) < 4.78 is 6.92. The molecule has 0 bridgehead atoms. The number of carbonyl (C=O) groups is 1. The van der Waals surface area contributed by atoms with E-state index in [0.717, 1.165) is 22.6 Å². The Bertz CT molecular complexity index is 857. The van der Waals surface area contributed by atoms with E-state index < -0.39 is 12.0 Å². The Labute approximate surface area is 145 Å². The number of carboxylic acids is 1. The lowest BCUT2D eigenvalue weighted by atomic mass is 10.0. The lowest BCUT2D eigenvalue weighted by Crippen LogP contribution is -2.32. The molecule has 2 aromatic carbocycles. The molecule has 3 aromatic rings. The molecule has 1 atom stereocenters. The highest BCUT2D eigenvalue weighted by Gasteiger charge is 2.19. The highest BCUT2D eigenvalue weighted by molar-refractivity contribution is 5.74. The minimum Gasteiger partial charge on any atom is -0.497 e. The molecule has 0 amide bonds. The number of para-hydroxylation sites is 1. The zero-order chi connectivity index (χ0) is 17.8. The number of aromatic nitrogens is 2. The number of aliphatic carboxylic acids is 1. The number of rotatable bonds is 6. The van der Waals surface area contributed by atoms with Gasteiger partial charge < -0.3 is 15.6 Å². The Morgan fingerprint density at radius 3 is 2.48 bits per heavy atom. The summed E-state index contributed by atoms with van der Waals surface area (Å²) >= 11 is 0. The van der Waals surface area contributed by atoms with Gasteiger partial charge in [-0.2, -0.15) is 5.10 Å². The number of ether oxygens (including phenoxy) is 1. The van der Waals surface area contributed by atoms with Crippen molar-refractivity contribution in [3.63, 3.8) is 0 Å². The summed E-state index contributed by atoms with van der Waals surface area (Å²) in [6.07, 6.45) is 2.03. The Balaban J connectivity index is 2.04. The summed E-state index contributed by atoms with van der Waals surface area (Å²) in [4.78, 5) is 11.1. The van der Waals surface area contributed by atoms with E-state index >= 15 is 0 Å². The van der Waals surface area contributed by atoms with Gasteiger partial charge in [-0.15, -0.1) is 0 Å². The quantitative estimate of drug-likeness (QED) is 0.721. The maximum Gasteiger partial charge on any atom is 0.320 e. The molecule has 0 aliphatic heterocycles. The molecular weight excluding hydrogens is 318 g/mol. The van der Waals surface area contributed by atoms with Gasteiger partial charge in [-0.3, -0.25) is 4.79 Å². The number of nitrogens with two attached hydrogens (primary N) is 1. The van der Waals surface area contributed by atoms with Crippen LogP contribution in [0.25, 0.3) is 16.9 Å².